The number of benzene rings is 6. The van der Waals surface area contributed by atoms with Gasteiger partial charge in [0.2, 0.25) is 0 Å². The molecule has 1 N–H and O–H groups in total. The molecule has 0 saturated heterocycles. The smallest absolute Gasteiger partial charge is 0.0640 e. The van der Waals surface area contributed by atoms with Crippen molar-refractivity contribution in [1.29, 1.82) is 0 Å². The maximum Gasteiger partial charge on any atom is 0.0640 e. The second-order valence-electron chi connectivity index (χ2n) is 9.92. The molecule has 0 unspecified atom stereocenters. The summed E-state index contributed by atoms with van der Waals surface area (Å²) in [6, 6.07) is 43.5. The molecule has 39 heavy (non-hydrogen) atoms. The number of fused-ring (bicyclic) bond motifs is 7. The maximum atomic E-state index is 4.19. The van der Waals surface area contributed by atoms with Crippen LogP contribution in [0.4, 0.5) is 11.4 Å². The first-order valence-corrected chi connectivity index (χ1v) is 14.0. The second kappa shape index (κ2) is 8.59. The van der Waals surface area contributed by atoms with Crippen LogP contribution in [0, 0.1) is 0 Å². The minimum absolute atomic E-state index is 1.06. The zero-order valence-electron chi connectivity index (χ0n) is 21.2. The van der Waals surface area contributed by atoms with E-state index in [-0.39, 0.29) is 0 Å². The quantitative estimate of drug-likeness (QED) is 0.246. The lowest BCUT2D eigenvalue weighted by Crippen LogP contribution is -1.95. The fourth-order valence-electron chi connectivity index (χ4n) is 5.98. The molecule has 0 saturated carbocycles. The maximum absolute atomic E-state index is 4.19. The van der Waals surface area contributed by atoms with Crippen molar-refractivity contribution >= 4 is 81.5 Å². The molecule has 6 aromatic carbocycles. The molecule has 8 aromatic rings. The van der Waals surface area contributed by atoms with Crippen molar-refractivity contribution < 1.29 is 0 Å². The zero-order chi connectivity index (χ0) is 25.9. The van der Waals surface area contributed by atoms with Crippen molar-refractivity contribution in [2.45, 2.75) is 0 Å². The Kier molecular flexibility index (Phi) is 4.88. The lowest BCUT2D eigenvalue weighted by atomic mass is 9.99. The summed E-state index contributed by atoms with van der Waals surface area (Å²) >= 11 is 1.87. The van der Waals surface area contributed by atoms with Gasteiger partial charge in [0, 0.05) is 43.2 Å². The van der Waals surface area contributed by atoms with Crippen molar-refractivity contribution in [2.75, 3.05) is 5.32 Å². The van der Waals surface area contributed by atoms with Gasteiger partial charge in [0.25, 0.3) is 0 Å². The number of thiophene rings is 1. The third-order valence-electron chi connectivity index (χ3n) is 7.74. The number of anilines is 2. The molecule has 0 aliphatic carbocycles. The van der Waals surface area contributed by atoms with Crippen molar-refractivity contribution in [1.82, 2.24) is 4.57 Å². The average Bonchev–Trinajstić information content (AvgIpc) is 3.52. The van der Waals surface area contributed by atoms with Crippen molar-refractivity contribution in [2.24, 2.45) is 0 Å². The fraction of sp³-hybridized carbons (Fsp3) is 0. The lowest BCUT2D eigenvalue weighted by molar-refractivity contribution is 1.20. The van der Waals surface area contributed by atoms with Crippen molar-refractivity contribution in [3.63, 3.8) is 0 Å². The standard InChI is InChI=1S/C36H24N2S/c1-2-25-29-22-30-26-13-6-8-16-32(26)38(33-17-10-15-28-27-14-7-9-18-35(27)39-36(28)33)34(30)21-23(29)19-20-31(25)37-24-11-4-3-5-12-24/h2-22,37H,1H2. The van der Waals surface area contributed by atoms with Gasteiger partial charge in [-0.1, -0.05) is 85.5 Å². The summed E-state index contributed by atoms with van der Waals surface area (Å²) in [7, 11) is 0. The summed E-state index contributed by atoms with van der Waals surface area (Å²) in [5.74, 6) is 0. The molecule has 2 nitrogen and oxygen atoms in total. The number of nitrogens with one attached hydrogen (secondary N) is 1. The van der Waals surface area contributed by atoms with Crippen LogP contribution in [-0.4, -0.2) is 4.57 Å². The molecule has 0 aliphatic heterocycles. The highest BCUT2D eigenvalue weighted by Crippen LogP contribution is 2.42. The molecule has 2 heterocycles. The number of nitrogens with zero attached hydrogens (tertiary/aromatic N) is 1. The number of hydrogen-bond acceptors (Lipinski definition) is 2. The highest BCUT2D eigenvalue weighted by atomic mass is 32.1. The SMILES string of the molecule is C=Cc1c(Nc2ccccc2)ccc2cc3c(cc12)c1ccccc1n3-c1cccc2c1sc1ccccc12. The van der Waals surface area contributed by atoms with Gasteiger partial charge >= 0.3 is 0 Å². The Labute approximate surface area is 230 Å². The van der Waals surface area contributed by atoms with Crippen LogP contribution in [0.2, 0.25) is 0 Å². The van der Waals surface area contributed by atoms with Gasteiger partial charge in [-0.05, 0) is 59.3 Å². The summed E-state index contributed by atoms with van der Waals surface area (Å²) in [6.07, 6.45) is 1.97. The molecular weight excluding hydrogens is 492 g/mol. The predicted octanol–water partition coefficient (Wildman–Crippen LogP) is 10.7. The monoisotopic (exact) mass is 516 g/mol. The van der Waals surface area contributed by atoms with E-state index in [1.807, 2.05) is 35.6 Å². The van der Waals surface area contributed by atoms with Crippen LogP contribution >= 0.6 is 11.3 Å². The Bertz CT molecular complexity index is 2220. The number of rotatable bonds is 4. The van der Waals surface area contributed by atoms with Gasteiger partial charge in [-0.25, -0.2) is 0 Å². The molecule has 3 heteroatoms. The zero-order valence-corrected chi connectivity index (χ0v) is 22.0. The molecule has 0 radical (unpaired) electrons. The van der Waals surface area contributed by atoms with Gasteiger partial charge < -0.3 is 9.88 Å². The minimum Gasteiger partial charge on any atom is -0.355 e. The first-order valence-electron chi connectivity index (χ1n) is 13.2. The molecule has 0 bridgehead atoms. The Morgan fingerprint density at radius 2 is 1.38 bits per heavy atom. The van der Waals surface area contributed by atoms with Crippen LogP contribution in [0.15, 0.2) is 128 Å². The van der Waals surface area contributed by atoms with Crippen LogP contribution in [0.1, 0.15) is 5.56 Å². The Morgan fingerprint density at radius 3 is 2.26 bits per heavy atom. The Morgan fingerprint density at radius 1 is 0.615 bits per heavy atom. The van der Waals surface area contributed by atoms with Crippen LogP contribution < -0.4 is 5.32 Å². The summed E-state index contributed by atoms with van der Waals surface area (Å²) in [5, 5.41) is 11.1. The average molecular weight is 517 g/mol. The molecule has 0 amide bonds. The molecule has 0 aliphatic rings. The summed E-state index contributed by atoms with van der Waals surface area (Å²) in [4.78, 5) is 0. The van der Waals surface area contributed by atoms with Gasteiger partial charge in [-0.3, -0.25) is 0 Å². The van der Waals surface area contributed by atoms with Crippen LogP contribution in [-0.2, 0) is 0 Å². The van der Waals surface area contributed by atoms with Crippen LogP contribution in [0.5, 0.6) is 0 Å². The molecule has 2 aromatic heterocycles. The summed E-state index contributed by atoms with van der Waals surface area (Å²) in [6.45, 7) is 4.19. The minimum atomic E-state index is 1.06. The first kappa shape index (κ1) is 22.2. The van der Waals surface area contributed by atoms with E-state index in [1.54, 1.807) is 0 Å². The molecule has 184 valence electrons. The van der Waals surface area contributed by atoms with Gasteiger partial charge in [-0.2, -0.15) is 0 Å². The topological polar surface area (TPSA) is 17.0 Å². The molecule has 0 spiro atoms. The van der Waals surface area contributed by atoms with E-state index < -0.39 is 0 Å². The summed E-state index contributed by atoms with van der Waals surface area (Å²) in [5.41, 5.74) is 6.89. The highest BCUT2D eigenvalue weighted by molar-refractivity contribution is 7.26. The van der Waals surface area contributed by atoms with E-state index in [0.29, 0.717) is 0 Å². The van der Waals surface area contributed by atoms with Crippen LogP contribution in [0.3, 0.4) is 0 Å². The van der Waals surface area contributed by atoms with Gasteiger partial charge in [-0.15, -0.1) is 11.3 Å². The van der Waals surface area contributed by atoms with Crippen molar-refractivity contribution in [3.8, 4) is 5.69 Å². The number of hydrogen-bond donors (Lipinski definition) is 1. The Hall–Kier alpha value is -4.86. The van der Waals surface area contributed by atoms with Gasteiger partial charge in [0.1, 0.15) is 0 Å². The molecular formula is C36H24N2S. The largest absolute Gasteiger partial charge is 0.355 e. The van der Waals surface area contributed by atoms with Crippen LogP contribution in [0.25, 0.3) is 64.5 Å². The number of para-hydroxylation sites is 2. The summed E-state index contributed by atoms with van der Waals surface area (Å²) < 4.78 is 5.09. The van der Waals surface area contributed by atoms with E-state index in [0.717, 1.165) is 16.9 Å². The van der Waals surface area contributed by atoms with E-state index in [1.165, 1.54) is 58.4 Å². The molecule has 0 atom stereocenters. The fourth-order valence-corrected chi connectivity index (χ4v) is 7.19. The highest BCUT2D eigenvalue weighted by Gasteiger charge is 2.18. The van der Waals surface area contributed by atoms with E-state index in [4.69, 9.17) is 0 Å². The van der Waals surface area contributed by atoms with E-state index in [2.05, 4.69) is 120 Å². The lowest BCUT2D eigenvalue weighted by Gasteiger charge is -2.14. The van der Waals surface area contributed by atoms with Gasteiger partial charge in [0.05, 0.1) is 21.4 Å². The van der Waals surface area contributed by atoms with E-state index >= 15 is 0 Å². The third kappa shape index (κ3) is 3.34. The Balaban J connectivity index is 1.43. The normalized spacial score (nSPS) is 11.7. The molecule has 0 fully saturated rings. The third-order valence-corrected chi connectivity index (χ3v) is 8.94. The van der Waals surface area contributed by atoms with Crippen molar-refractivity contribution in [3.05, 3.63) is 133 Å². The molecule has 8 rings (SSSR count). The van der Waals surface area contributed by atoms with E-state index in [9.17, 15) is 0 Å². The second-order valence-corrected chi connectivity index (χ2v) is 11.0. The first-order chi connectivity index (χ1) is 19.3. The predicted molar refractivity (Wildman–Crippen MR) is 171 cm³/mol. The number of aromatic nitrogens is 1. The van der Waals surface area contributed by atoms with Gasteiger partial charge in [0.15, 0.2) is 0 Å².